The highest BCUT2D eigenvalue weighted by atomic mass is 16.5. The molecule has 0 bridgehead atoms. The van der Waals surface area contributed by atoms with Crippen LogP contribution in [0.15, 0.2) is 12.8 Å². The van der Waals surface area contributed by atoms with Crippen molar-refractivity contribution in [3.05, 3.63) is 12.8 Å². The van der Waals surface area contributed by atoms with Gasteiger partial charge < -0.3 is 4.74 Å². The SMILES string of the molecule is C=COC[C@@H](C)CC. The van der Waals surface area contributed by atoms with Gasteiger partial charge in [-0.3, -0.25) is 0 Å². The highest BCUT2D eigenvalue weighted by molar-refractivity contribution is 4.52. The maximum absolute atomic E-state index is 4.95. The minimum Gasteiger partial charge on any atom is -0.502 e. The molecule has 1 nitrogen and oxygen atoms in total. The van der Waals surface area contributed by atoms with Crippen LogP contribution in [-0.4, -0.2) is 6.61 Å². The van der Waals surface area contributed by atoms with E-state index in [1.165, 1.54) is 12.7 Å². The maximum Gasteiger partial charge on any atom is 0.0898 e. The lowest BCUT2D eigenvalue weighted by molar-refractivity contribution is 0.201. The van der Waals surface area contributed by atoms with E-state index < -0.39 is 0 Å². The van der Waals surface area contributed by atoms with Gasteiger partial charge in [0.1, 0.15) is 0 Å². The zero-order chi connectivity index (χ0) is 6.41. The molecule has 0 fully saturated rings. The molecule has 0 aromatic carbocycles. The maximum atomic E-state index is 4.95. The minimum atomic E-state index is 0.660. The third-order valence-corrected chi connectivity index (χ3v) is 1.20. The van der Waals surface area contributed by atoms with Crippen molar-refractivity contribution in [1.82, 2.24) is 0 Å². The lowest BCUT2D eigenvalue weighted by Gasteiger charge is -2.05. The minimum absolute atomic E-state index is 0.660. The Kier molecular flexibility index (Phi) is 4.42. The summed E-state index contributed by atoms with van der Waals surface area (Å²) in [6, 6.07) is 0. The summed E-state index contributed by atoms with van der Waals surface area (Å²) in [5.41, 5.74) is 0. The fourth-order valence-electron chi connectivity index (χ4n) is 0.350. The Bertz CT molecular complexity index is 59.4. The van der Waals surface area contributed by atoms with Crippen molar-refractivity contribution in [3.63, 3.8) is 0 Å². The molecular weight excluding hydrogens is 100 g/mol. The van der Waals surface area contributed by atoms with Crippen LogP contribution in [0.4, 0.5) is 0 Å². The number of rotatable bonds is 4. The van der Waals surface area contributed by atoms with Crippen molar-refractivity contribution < 1.29 is 4.74 Å². The van der Waals surface area contributed by atoms with Crippen molar-refractivity contribution in [2.75, 3.05) is 6.61 Å². The van der Waals surface area contributed by atoms with E-state index in [1.807, 2.05) is 0 Å². The van der Waals surface area contributed by atoms with Gasteiger partial charge in [-0.25, -0.2) is 0 Å². The third kappa shape index (κ3) is 3.72. The number of hydrogen-bond acceptors (Lipinski definition) is 1. The van der Waals surface area contributed by atoms with Crippen LogP contribution in [0.25, 0.3) is 0 Å². The molecule has 1 atom stereocenters. The number of hydrogen-bond donors (Lipinski definition) is 0. The van der Waals surface area contributed by atoms with E-state index in [4.69, 9.17) is 4.74 Å². The molecule has 0 aliphatic heterocycles. The van der Waals surface area contributed by atoms with Gasteiger partial charge in [0.25, 0.3) is 0 Å². The Labute approximate surface area is 51.4 Å². The van der Waals surface area contributed by atoms with Gasteiger partial charge in [-0.2, -0.15) is 0 Å². The monoisotopic (exact) mass is 114 g/mol. The zero-order valence-electron chi connectivity index (χ0n) is 5.68. The molecule has 0 radical (unpaired) electrons. The van der Waals surface area contributed by atoms with E-state index >= 15 is 0 Å². The summed E-state index contributed by atoms with van der Waals surface area (Å²) < 4.78 is 4.95. The first-order valence-corrected chi connectivity index (χ1v) is 3.03. The van der Waals surface area contributed by atoms with Gasteiger partial charge in [0.2, 0.25) is 0 Å². The molecule has 0 N–H and O–H groups in total. The average molecular weight is 114 g/mol. The van der Waals surface area contributed by atoms with Gasteiger partial charge in [-0.05, 0) is 5.92 Å². The molecule has 0 saturated heterocycles. The molecule has 0 aromatic heterocycles. The van der Waals surface area contributed by atoms with Crippen molar-refractivity contribution in [3.8, 4) is 0 Å². The molecule has 0 aliphatic rings. The quantitative estimate of drug-likeness (QED) is 0.509. The van der Waals surface area contributed by atoms with Gasteiger partial charge >= 0.3 is 0 Å². The average Bonchev–Trinajstić information content (AvgIpc) is 1.83. The molecule has 1 heteroatoms. The normalized spacial score (nSPS) is 12.8. The molecule has 0 amide bonds. The highest BCUT2D eigenvalue weighted by Gasteiger charge is 1.94. The molecule has 0 heterocycles. The Morgan fingerprint density at radius 3 is 2.75 bits per heavy atom. The summed E-state index contributed by atoms with van der Waals surface area (Å²) in [6.45, 7) is 8.56. The smallest absolute Gasteiger partial charge is 0.0898 e. The van der Waals surface area contributed by atoms with Crippen molar-refractivity contribution in [2.45, 2.75) is 20.3 Å². The predicted molar refractivity (Wildman–Crippen MR) is 35.6 cm³/mol. The first kappa shape index (κ1) is 7.54. The van der Waals surface area contributed by atoms with E-state index in [0.29, 0.717) is 5.92 Å². The van der Waals surface area contributed by atoms with E-state index in [-0.39, 0.29) is 0 Å². The molecule has 0 aromatic rings. The second-order valence-electron chi connectivity index (χ2n) is 2.01. The molecule has 0 spiro atoms. The Hall–Kier alpha value is -0.460. The molecule has 0 saturated carbocycles. The summed E-state index contributed by atoms with van der Waals surface area (Å²) in [6.07, 6.45) is 2.67. The molecule has 48 valence electrons. The lowest BCUT2D eigenvalue weighted by atomic mass is 10.1. The summed E-state index contributed by atoms with van der Waals surface area (Å²) >= 11 is 0. The Morgan fingerprint density at radius 1 is 1.75 bits per heavy atom. The zero-order valence-corrected chi connectivity index (χ0v) is 5.68. The van der Waals surface area contributed by atoms with Crippen molar-refractivity contribution in [2.24, 2.45) is 5.92 Å². The van der Waals surface area contributed by atoms with Crippen LogP contribution < -0.4 is 0 Å². The Balaban J connectivity index is 2.97. The first-order chi connectivity index (χ1) is 3.81. The van der Waals surface area contributed by atoms with Crippen molar-refractivity contribution in [1.29, 1.82) is 0 Å². The fourth-order valence-corrected chi connectivity index (χ4v) is 0.350. The van der Waals surface area contributed by atoms with E-state index in [9.17, 15) is 0 Å². The third-order valence-electron chi connectivity index (χ3n) is 1.20. The molecule has 0 unspecified atom stereocenters. The lowest BCUT2D eigenvalue weighted by Crippen LogP contribution is -1.99. The summed E-state index contributed by atoms with van der Waals surface area (Å²) in [7, 11) is 0. The number of ether oxygens (including phenoxy) is 1. The van der Waals surface area contributed by atoms with E-state index in [1.54, 1.807) is 0 Å². The van der Waals surface area contributed by atoms with Gasteiger partial charge in [0.15, 0.2) is 0 Å². The highest BCUT2D eigenvalue weighted by Crippen LogP contribution is 1.99. The summed E-state index contributed by atoms with van der Waals surface area (Å²) in [5.74, 6) is 0.660. The molecule has 0 rings (SSSR count). The van der Waals surface area contributed by atoms with Crippen LogP contribution in [0.2, 0.25) is 0 Å². The van der Waals surface area contributed by atoms with E-state index in [2.05, 4.69) is 20.4 Å². The second-order valence-corrected chi connectivity index (χ2v) is 2.01. The predicted octanol–water partition coefficient (Wildman–Crippen LogP) is 2.19. The van der Waals surface area contributed by atoms with Crippen LogP contribution in [0.3, 0.4) is 0 Å². The van der Waals surface area contributed by atoms with Crippen molar-refractivity contribution >= 4 is 0 Å². The largest absolute Gasteiger partial charge is 0.502 e. The van der Waals surface area contributed by atoms with Crippen LogP contribution in [0, 0.1) is 5.92 Å². The summed E-state index contributed by atoms with van der Waals surface area (Å²) in [5, 5.41) is 0. The molecule has 0 aliphatic carbocycles. The summed E-state index contributed by atoms with van der Waals surface area (Å²) in [4.78, 5) is 0. The van der Waals surface area contributed by atoms with E-state index in [0.717, 1.165) is 6.61 Å². The topological polar surface area (TPSA) is 9.23 Å². The first-order valence-electron chi connectivity index (χ1n) is 3.03. The Morgan fingerprint density at radius 2 is 2.38 bits per heavy atom. The molecular formula is C7H14O. The van der Waals surface area contributed by atoms with Gasteiger partial charge in [-0.15, -0.1) is 0 Å². The standard InChI is InChI=1S/C7H14O/c1-4-7(3)6-8-5-2/h5,7H,2,4,6H2,1,3H3/t7-/m0/s1. The molecule has 8 heavy (non-hydrogen) atoms. The van der Waals surface area contributed by atoms with Gasteiger partial charge in [0.05, 0.1) is 12.9 Å². The van der Waals surface area contributed by atoms with Gasteiger partial charge in [-0.1, -0.05) is 26.8 Å². The fraction of sp³-hybridized carbons (Fsp3) is 0.714. The van der Waals surface area contributed by atoms with Crippen LogP contribution in [0.1, 0.15) is 20.3 Å². The second kappa shape index (κ2) is 4.69. The van der Waals surface area contributed by atoms with Crippen LogP contribution >= 0.6 is 0 Å². The van der Waals surface area contributed by atoms with Crippen LogP contribution in [-0.2, 0) is 4.74 Å². The van der Waals surface area contributed by atoms with Crippen LogP contribution in [0.5, 0.6) is 0 Å². The van der Waals surface area contributed by atoms with Gasteiger partial charge in [0, 0.05) is 0 Å².